The van der Waals surface area contributed by atoms with Crippen LogP contribution in [0.1, 0.15) is 48.2 Å². The van der Waals surface area contributed by atoms with E-state index < -0.39 is 11.7 Å². The lowest BCUT2D eigenvalue weighted by Gasteiger charge is -2.34. The minimum absolute atomic E-state index is 0.0208. The molecule has 44 heavy (non-hydrogen) atoms. The summed E-state index contributed by atoms with van der Waals surface area (Å²) in [4.78, 5) is 21.3. The topological polar surface area (TPSA) is 89.2 Å². The Hall–Kier alpha value is -3.95. The van der Waals surface area contributed by atoms with E-state index in [2.05, 4.69) is 21.7 Å². The van der Waals surface area contributed by atoms with Gasteiger partial charge in [0.25, 0.3) is 0 Å². The fourth-order valence-electron chi connectivity index (χ4n) is 4.69. The molecule has 0 saturated carbocycles. The quantitative estimate of drug-likeness (QED) is 0.248. The number of nitrogens with one attached hydrogen (secondary N) is 2. The third-order valence-electron chi connectivity index (χ3n) is 7.48. The number of amides is 1. The van der Waals surface area contributed by atoms with Crippen LogP contribution in [0.25, 0.3) is 0 Å². The number of likely N-dealkylation sites (N-methyl/N-ethyl adjacent to an activating group) is 1. The summed E-state index contributed by atoms with van der Waals surface area (Å²) in [6.45, 7) is 5.87. The molecule has 0 saturated heterocycles. The third kappa shape index (κ3) is 10.3. The van der Waals surface area contributed by atoms with Crippen LogP contribution in [0.3, 0.4) is 0 Å². The van der Waals surface area contributed by atoms with Crippen molar-refractivity contribution in [1.82, 2.24) is 30.0 Å². The molecule has 0 unspecified atom stereocenters. The molecule has 0 aliphatic heterocycles. The number of hydrogen-bond donors (Lipinski definition) is 2. The number of imidazole rings is 1. The van der Waals surface area contributed by atoms with Crippen LogP contribution in [0, 0.1) is 17.2 Å². The first-order valence-corrected chi connectivity index (χ1v) is 14.9. The van der Waals surface area contributed by atoms with Crippen LogP contribution < -0.4 is 10.6 Å². The number of alkyl halides is 3. The maximum absolute atomic E-state index is 13.8. The van der Waals surface area contributed by atoms with Gasteiger partial charge in [-0.25, -0.2) is 4.98 Å². The Morgan fingerprint density at radius 1 is 1.16 bits per heavy atom. The monoisotopic (exact) mass is 627 g/mol. The van der Waals surface area contributed by atoms with E-state index in [1.165, 1.54) is 12.1 Å². The average Bonchev–Trinajstić information content (AvgIpc) is 3.41. The van der Waals surface area contributed by atoms with Gasteiger partial charge in [-0.2, -0.15) is 18.4 Å². The van der Waals surface area contributed by atoms with Gasteiger partial charge in [0, 0.05) is 50.7 Å². The standard InChI is InChI=1S/C32H40F3N7OS/c1-5-23(2)29(39-30(43)16-27-18-37-22-42(27)19-25-12-10-24(17-36)11-13-25)21-41(31(44)38-14-15-40(3)4)20-26-8-6-7-9-28(26)32(33,34)35/h6-13,18,22-23,29H,5,14-16,19-21H2,1-4H3,(H,38,44)(H,39,43)/t23-,29+/m0/s1. The minimum Gasteiger partial charge on any atom is -0.361 e. The van der Waals surface area contributed by atoms with E-state index in [0.717, 1.165) is 18.1 Å². The van der Waals surface area contributed by atoms with Crippen LogP contribution in [0.4, 0.5) is 13.2 Å². The van der Waals surface area contributed by atoms with Crippen LogP contribution in [-0.2, 0) is 30.5 Å². The van der Waals surface area contributed by atoms with Gasteiger partial charge >= 0.3 is 6.18 Å². The highest BCUT2D eigenvalue weighted by molar-refractivity contribution is 7.80. The van der Waals surface area contributed by atoms with Crippen molar-refractivity contribution in [3.05, 3.63) is 89.0 Å². The van der Waals surface area contributed by atoms with E-state index in [1.807, 2.05) is 49.5 Å². The van der Waals surface area contributed by atoms with E-state index in [0.29, 0.717) is 36.0 Å². The van der Waals surface area contributed by atoms with Crippen molar-refractivity contribution >= 4 is 23.2 Å². The molecule has 1 aromatic heterocycles. The lowest BCUT2D eigenvalue weighted by Crippen LogP contribution is -2.51. The minimum atomic E-state index is -4.51. The predicted octanol–water partition coefficient (Wildman–Crippen LogP) is 4.83. The molecule has 0 bridgehead atoms. The molecule has 3 rings (SSSR count). The Morgan fingerprint density at radius 3 is 2.50 bits per heavy atom. The number of benzene rings is 2. The summed E-state index contributed by atoms with van der Waals surface area (Å²) >= 11 is 5.68. The Bertz CT molecular complexity index is 1420. The highest BCUT2D eigenvalue weighted by Crippen LogP contribution is 2.32. The number of rotatable bonds is 14. The Kier molecular flexibility index (Phi) is 12.7. The fraction of sp³-hybridized carbons (Fsp3) is 0.438. The molecule has 2 aromatic carbocycles. The molecule has 0 aliphatic rings. The largest absolute Gasteiger partial charge is 0.416 e. The van der Waals surface area contributed by atoms with Gasteiger partial charge in [-0.1, -0.05) is 50.6 Å². The number of carbonyl (C=O) groups excluding carboxylic acids is 1. The zero-order chi connectivity index (χ0) is 32.3. The molecule has 1 heterocycles. The zero-order valence-electron chi connectivity index (χ0n) is 25.6. The molecule has 0 spiro atoms. The zero-order valence-corrected chi connectivity index (χ0v) is 26.4. The molecule has 0 aliphatic carbocycles. The number of nitriles is 1. The van der Waals surface area contributed by atoms with Crippen LogP contribution in [-0.4, -0.2) is 70.1 Å². The second kappa shape index (κ2) is 16.2. The van der Waals surface area contributed by atoms with Crippen molar-refractivity contribution in [1.29, 1.82) is 5.26 Å². The van der Waals surface area contributed by atoms with Crippen molar-refractivity contribution < 1.29 is 18.0 Å². The number of nitrogens with zero attached hydrogens (tertiary/aromatic N) is 5. The number of thiocarbonyl (C=S) groups is 1. The lowest BCUT2D eigenvalue weighted by molar-refractivity contribution is -0.138. The lowest BCUT2D eigenvalue weighted by atomic mass is 9.97. The summed E-state index contributed by atoms with van der Waals surface area (Å²) < 4.78 is 43.4. The third-order valence-corrected chi connectivity index (χ3v) is 7.88. The number of aromatic nitrogens is 2. The van der Waals surface area contributed by atoms with Gasteiger partial charge in [-0.3, -0.25) is 4.79 Å². The average molecular weight is 628 g/mol. The molecule has 3 aromatic rings. The molecular weight excluding hydrogens is 587 g/mol. The Labute approximate surface area is 262 Å². The molecule has 12 heteroatoms. The molecule has 0 fully saturated rings. The predicted molar refractivity (Wildman–Crippen MR) is 169 cm³/mol. The molecule has 2 atom stereocenters. The SMILES string of the molecule is CC[C@H](C)[C@@H](CN(Cc1ccccc1C(F)(F)F)C(=S)NCCN(C)C)NC(=O)Cc1cncn1Cc1ccc(C#N)cc1. The molecule has 8 nitrogen and oxygen atoms in total. The molecule has 1 amide bonds. The van der Waals surface area contributed by atoms with Gasteiger partial charge in [0.1, 0.15) is 0 Å². The van der Waals surface area contributed by atoms with Crippen molar-refractivity contribution in [2.24, 2.45) is 5.92 Å². The summed E-state index contributed by atoms with van der Waals surface area (Å²) in [7, 11) is 3.85. The smallest absolute Gasteiger partial charge is 0.361 e. The summed E-state index contributed by atoms with van der Waals surface area (Å²) in [5, 5.41) is 15.7. The van der Waals surface area contributed by atoms with Crippen LogP contribution >= 0.6 is 12.2 Å². The van der Waals surface area contributed by atoms with E-state index in [-0.39, 0.29) is 42.9 Å². The second-order valence-corrected chi connectivity index (χ2v) is 11.5. The highest BCUT2D eigenvalue weighted by atomic mass is 32.1. The first-order chi connectivity index (χ1) is 20.9. The van der Waals surface area contributed by atoms with E-state index in [1.54, 1.807) is 35.6 Å². The molecule has 0 radical (unpaired) electrons. The first kappa shape index (κ1) is 34.5. The van der Waals surface area contributed by atoms with E-state index in [9.17, 15) is 18.0 Å². The second-order valence-electron chi connectivity index (χ2n) is 11.1. The highest BCUT2D eigenvalue weighted by Gasteiger charge is 2.34. The fourth-order valence-corrected chi connectivity index (χ4v) is 4.93. The van der Waals surface area contributed by atoms with Crippen molar-refractivity contribution in [3.63, 3.8) is 0 Å². The summed E-state index contributed by atoms with van der Waals surface area (Å²) in [6.07, 6.45) is -0.384. The van der Waals surface area contributed by atoms with E-state index >= 15 is 0 Å². The number of halogens is 3. The van der Waals surface area contributed by atoms with Gasteiger partial charge in [-0.15, -0.1) is 0 Å². The maximum atomic E-state index is 13.8. The van der Waals surface area contributed by atoms with Crippen LogP contribution in [0.2, 0.25) is 0 Å². The van der Waals surface area contributed by atoms with Crippen molar-refractivity contribution in [2.45, 2.75) is 52.0 Å². The van der Waals surface area contributed by atoms with Gasteiger partial charge < -0.3 is 25.0 Å². The summed E-state index contributed by atoms with van der Waals surface area (Å²) in [5.74, 6) is -0.202. The van der Waals surface area contributed by atoms with Crippen molar-refractivity contribution in [2.75, 3.05) is 33.7 Å². The maximum Gasteiger partial charge on any atom is 0.416 e. The van der Waals surface area contributed by atoms with Crippen LogP contribution in [0.15, 0.2) is 61.1 Å². The Balaban J connectivity index is 1.78. The summed E-state index contributed by atoms with van der Waals surface area (Å²) in [6, 6.07) is 14.4. The van der Waals surface area contributed by atoms with Gasteiger partial charge in [0.2, 0.25) is 5.91 Å². The normalized spacial score (nSPS) is 12.8. The molecular formula is C32H40F3N7OS. The van der Waals surface area contributed by atoms with Gasteiger partial charge in [0.05, 0.1) is 29.9 Å². The van der Waals surface area contributed by atoms with Crippen LogP contribution in [0.5, 0.6) is 0 Å². The molecule has 2 N–H and O–H groups in total. The Morgan fingerprint density at radius 2 is 1.86 bits per heavy atom. The van der Waals surface area contributed by atoms with Gasteiger partial charge in [0.15, 0.2) is 5.11 Å². The van der Waals surface area contributed by atoms with Crippen molar-refractivity contribution in [3.8, 4) is 6.07 Å². The number of carbonyl (C=O) groups is 1. The van der Waals surface area contributed by atoms with Gasteiger partial charge in [-0.05, 0) is 61.6 Å². The molecule has 236 valence electrons. The number of hydrogen-bond acceptors (Lipinski definition) is 5. The first-order valence-electron chi connectivity index (χ1n) is 14.5. The summed E-state index contributed by atoms with van der Waals surface area (Å²) in [5.41, 5.74) is 1.65. The van der Waals surface area contributed by atoms with E-state index in [4.69, 9.17) is 17.5 Å².